The maximum Gasteiger partial charge on any atom is 0.341 e. The molecule has 1 amide bonds. The van der Waals surface area contributed by atoms with Crippen LogP contribution in [-0.2, 0) is 4.74 Å². The third-order valence-corrected chi connectivity index (χ3v) is 5.34. The van der Waals surface area contributed by atoms with Gasteiger partial charge in [-0.15, -0.1) is 11.3 Å². The lowest BCUT2D eigenvalue weighted by Crippen LogP contribution is -2.16. The third-order valence-electron chi connectivity index (χ3n) is 4.20. The van der Waals surface area contributed by atoms with Crippen molar-refractivity contribution in [1.29, 1.82) is 0 Å². The van der Waals surface area contributed by atoms with E-state index in [1.807, 2.05) is 0 Å². The van der Waals surface area contributed by atoms with Crippen molar-refractivity contribution in [2.75, 3.05) is 12.4 Å². The highest BCUT2D eigenvalue weighted by Gasteiger charge is 2.27. The van der Waals surface area contributed by atoms with Crippen molar-refractivity contribution in [2.24, 2.45) is 0 Å². The van der Waals surface area contributed by atoms with Crippen LogP contribution in [0.4, 0.5) is 16.4 Å². The number of nitrogens with one attached hydrogen (secondary N) is 1. The van der Waals surface area contributed by atoms with E-state index in [0.717, 1.165) is 23.5 Å². The van der Waals surface area contributed by atoms with Crippen LogP contribution in [0.2, 0.25) is 5.02 Å². The summed E-state index contributed by atoms with van der Waals surface area (Å²) >= 11 is 6.92. The van der Waals surface area contributed by atoms with Crippen LogP contribution in [0.3, 0.4) is 0 Å². The zero-order valence-corrected chi connectivity index (χ0v) is 17.2. The Kier molecular flexibility index (Phi) is 6.28. The fourth-order valence-corrected chi connectivity index (χ4v) is 3.82. The molecule has 0 unspecified atom stereocenters. The van der Waals surface area contributed by atoms with Crippen LogP contribution in [0.25, 0.3) is 11.1 Å². The topological polar surface area (TPSA) is 142 Å². The molecule has 3 rings (SSSR count). The number of nitrogens with zero attached hydrogens (tertiary/aromatic N) is 2. The molecule has 3 aromatic rings. The number of methoxy groups -OCH3 is 1. The lowest BCUT2D eigenvalue weighted by molar-refractivity contribution is -0.394. The molecular formula is C19H12ClN3O7S. The van der Waals surface area contributed by atoms with Crippen molar-refractivity contribution >= 4 is 51.2 Å². The standard InChI is InChI=1S/C19H12ClN3O7S/c1-30-19(25)16-14(10-2-4-11(20)5-3-10)9-31-18(16)21-17(24)13-7-6-12(22(26)27)8-15(13)23(28)29/h2-9H,1H3,(H,21,24). The summed E-state index contributed by atoms with van der Waals surface area (Å²) < 4.78 is 4.82. The van der Waals surface area contributed by atoms with Crippen molar-refractivity contribution in [2.45, 2.75) is 0 Å². The fraction of sp³-hybridized carbons (Fsp3) is 0.0526. The van der Waals surface area contributed by atoms with Gasteiger partial charge in [-0.05, 0) is 23.8 Å². The van der Waals surface area contributed by atoms with Crippen LogP contribution < -0.4 is 5.32 Å². The molecule has 0 aliphatic heterocycles. The Morgan fingerprint density at radius 1 is 1.06 bits per heavy atom. The van der Waals surface area contributed by atoms with E-state index < -0.39 is 38.7 Å². The van der Waals surface area contributed by atoms with Crippen molar-refractivity contribution in [3.05, 3.63) is 84.2 Å². The number of esters is 1. The molecule has 1 N–H and O–H groups in total. The van der Waals surface area contributed by atoms with E-state index in [9.17, 15) is 29.8 Å². The van der Waals surface area contributed by atoms with Gasteiger partial charge < -0.3 is 10.1 Å². The van der Waals surface area contributed by atoms with Crippen LogP contribution >= 0.6 is 22.9 Å². The number of anilines is 1. The van der Waals surface area contributed by atoms with Gasteiger partial charge in [-0.3, -0.25) is 25.0 Å². The minimum Gasteiger partial charge on any atom is -0.465 e. The predicted molar refractivity (Wildman–Crippen MR) is 114 cm³/mol. The Labute approximate surface area is 183 Å². The number of benzene rings is 2. The number of hydrogen-bond donors (Lipinski definition) is 1. The molecule has 0 saturated heterocycles. The lowest BCUT2D eigenvalue weighted by atomic mass is 10.0. The molecule has 158 valence electrons. The molecule has 2 aromatic carbocycles. The third kappa shape index (κ3) is 4.52. The van der Waals surface area contributed by atoms with Crippen LogP contribution in [0.1, 0.15) is 20.7 Å². The maximum absolute atomic E-state index is 12.7. The number of hydrogen-bond acceptors (Lipinski definition) is 8. The Morgan fingerprint density at radius 2 is 1.74 bits per heavy atom. The van der Waals surface area contributed by atoms with Crippen molar-refractivity contribution in [3.63, 3.8) is 0 Å². The second-order valence-corrected chi connectivity index (χ2v) is 7.34. The van der Waals surface area contributed by atoms with E-state index in [4.69, 9.17) is 16.3 Å². The molecule has 0 fully saturated rings. The first-order valence-electron chi connectivity index (χ1n) is 8.43. The molecule has 0 bridgehead atoms. The average Bonchev–Trinajstić information content (AvgIpc) is 3.16. The van der Waals surface area contributed by atoms with Gasteiger partial charge in [0.2, 0.25) is 0 Å². The van der Waals surface area contributed by atoms with Crippen LogP contribution in [-0.4, -0.2) is 28.8 Å². The number of nitro benzene ring substituents is 2. The smallest absolute Gasteiger partial charge is 0.341 e. The maximum atomic E-state index is 12.7. The summed E-state index contributed by atoms with van der Waals surface area (Å²) in [6.07, 6.45) is 0. The van der Waals surface area contributed by atoms with Crippen molar-refractivity contribution in [3.8, 4) is 11.1 Å². The highest BCUT2D eigenvalue weighted by molar-refractivity contribution is 7.15. The minimum absolute atomic E-state index is 0.0627. The zero-order valence-electron chi connectivity index (χ0n) is 15.7. The van der Waals surface area contributed by atoms with E-state index >= 15 is 0 Å². The SMILES string of the molecule is COC(=O)c1c(-c2ccc(Cl)cc2)csc1NC(=O)c1ccc([N+](=O)[O-])cc1[N+](=O)[O-]. The molecule has 10 nitrogen and oxygen atoms in total. The van der Waals surface area contributed by atoms with Gasteiger partial charge in [0.1, 0.15) is 16.1 Å². The van der Waals surface area contributed by atoms with E-state index in [2.05, 4.69) is 5.32 Å². The summed E-state index contributed by atoms with van der Waals surface area (Å²) in [5.74, 6) is -1.63. The van der Waals surface area contributed by atoms with E-state index in [-0.39, 0.29) is 10.6 Å². The number of rotatable bonds is 6. The summed E-state index contributed by atoms with van der Waals surface area (Å²) in [4.78, 5) is 45.6. The zero-order chi connectivity index (χ0) is 22.7. The monoisotopic (exact) mass is 461 g/mol. The molecule has 0 saturated carbocycles. The molecule has 12 heteroatoms. The van der Waals surface area contributed by atoms with Crippen molar-refractivity contribution < 1.29 is 24.2 Å². The van der Waals surface area contributed by atoms with Gasteiger partial charge in [0.15, 0.2) is 0 Å². The number of thiophene rings is 1. The lowest BCUT2D eigenvalue weighted by Gasteiger charge is -2.08. The number of halogens is 1. The molecule has 0 radical (unpaired) electrons. The first kappa shape index (κ1) is 21.9. The van der Waals surface area contributed by atoms with E-state index in [0.29, 0.717) is 22.2 Å². The Hall–Kier alpha value is -3.83. The van der Waals surface area contributed by atoms with Gasteiger partial charge in [-0.2, -0.15) is 0 Å². The second-order valence-electron chi connectivity index (χ2n) is 6.02. The van der Waals surface area contributed by atoms with Crippen molar-refractivity contribution in [1.82, 2.24) is 0 Å². The Balaban J connectivity index is 2.02. The molecule has 0 aliphatic rings. The number of carbonyl (C=O) groups is 2. The highest BCUT2D eigenvalue weighted by atomic mass is 35.5. The first-order valence-corrected chi connectivity index (χ1v) is 9.68. The van der Waals surface area contributed by atoms with Gasteiger partial charge in [-0.25, -0.2) is 4.79 Å². The van der Waals surface area contributed by atoms with Gasteiger partial charge in [0.05, 0.1) is 23.0 Å². The van der Waals surface area contributed by atoms with Gasteiger partial charge in [0, 0.05) is 22.0 Å². The van der Waals surface area contributed by atoms with Crippen LogP contribution in [0.5, 0.6) is 0 Å². The number of nitro groups is 2. The summed E-state index contributed by atoms with van der Waals surface area (Å²) in [5, 5.41) is 26.9. The minimum atomic E-state index is -0.906. The van der Waals surface area contributed by atoms with Gasteiger partial charge >= 0.3 is 5.97 Å². The van der Waals surface area contributed by atoms with E-state index in [1.165, 1.54) is 7.11 Å². The summed E-state index contributed by atoms with van der Waals surface area (Å²) in [6.45, 7) is 0. The molecular weight excluding hydrogens is 450 g/mol. The summed E-state index contributed by atoms with van der Waals surface area (Å²) in [5.41, 5.74) is -0.481. The van der Waals surface area contributed by atoms with Crippen LogP contribution in [0.15, 0.2) is 47.8 Å². The number of amides is 1. The fourth-order valence-electron chi connectivity index (χ4n) is 2.74. The van der Waals surface area contributed by atoms with E-state index in [1.54, 1.807) is 29.6 Å². The molecule has 1 aromatic heterocycles. The van der Waals surface area contributed by atoms with Gasteiger partial charge in [-0.1, -0.05) is 23.7 Å². The molecule has 0 aliphatic carbocycles. The summed E-state index contributed by atoms with van der Waals surface area (Å²) in [6, 6.07) is 9.30. The molecule has 1 heterocycles. The molecule has 31 heavy (non-hydrogen) atoms. The quantitative estimate of drug-likeness (QED) is 0.311. The number of non-ortho nitro benzene ring substituents is 1. The average molecular weight is 462 g/mol. The first-order chi connectivity index (χ1) is 14.7. The highest BCUT2D eigenvalue weighted by Crippen LogP contribution is 2.37. The van der Waals surface area contributed by atoms with Crippen LogP contribution in [0, 0.1) is 20.2 Å². The predicted octanol–water partition coefficient (Wildman–Crippen LogP) is 4.92. The Bertz CT molecular complexity index is 1210. The Morgan fingerprint density at radius 3 is 2.32 bits per heavy atom. The summed E-state index contributed by atoms with van der Waals surface area (Å²) in [7, 11) is 1.18. The normalized spacial score (nSPS) is 10.4. The number of ether oxygens (including phenoxy) is 1. The van der Waals surface area contributed by atoms with Gasteiger partial charge in [0.25, 0.3) is 17.3 Å². The number of carbonyl (C=O) groups excluding carboxylic acids is 2. The largest absolute Gasteiger partial charge is 0.465 e. The molecule has 0 atom stereocenters. The second kappa shape index (κ2) is 8.90. The molecule has 0 spiro atoms.